The van der Waals surface area contributed by atoms with Crippen molar-refractivity contribution in [1.82, 2.24) is 4.98 Å². The van der Waals surface area contributed by atoms with Gasteiger partial charge in [0.2, 0.25) is 0 Å². The first-order valence-electron chi connectivity index (χ1n) is 6.25. The zero-order chi connectivity index (χ0) is 14.8. The summed E-state index contributed by atoms with van der Waals surface area (Å²) < 4.78 is 13.4. The SMILES string of the molecule is O=C(Nc1cnc2ccccc2c1)c1ccc(F)c(Br)c1. The fourth-order valence-corrected chi connectivity index (χ4v) is 2.36. The maximum absolute atomic E-state index is 13.2. The Bertz CT molecular complexity index is 835. The van der Waals surface area contributed by atoms with E-state index in [1.165, 1.54) is 18.2 Å². The van der Waals surface area contributed by atoms with E-state index in [0.29, 0.717) is 11.3 Å². The molecule has 5 heteroatoms. The summed E-state index contributed by atoms with van der Waals surface area (Å²) in [7, 11) is 0. The summed E-state index contributed by atoms with van der Waals surface area (Å²) in [6, 6.07) is 13.6. The van der Waals surface area contributed by atoms with Gasteiger partial charge in [-0.3, -0.25) is 9.78 Å². The van der Waals surface area contributed by atoms with Crippen LogP contribution in [-0.4, -0.2) is 10.9 Å². The molecule has 0 saturated heterocycles. The molecule has 3 rings (SSSR count). The number of benzene rings is 2. The van der Waals surface area contributed by atoms with Crippen molar-refractivity contribution in [3.63, 3.8) is 0 Å². The lowest BCUT2D eigenvalue weighted by molar-refractivity contribution is 0.102. The number of carbonyl (C=O) groups is 1. The van der Waals surface area contributed by atoms with Crippen LogP contribution in [0.5, 0.6) is 0 Å². The minimum absolute atomic E-state index is 0.256. The van der Waals surface area contributed by atoms with E-state index < -0.39 is 5.82 Å². The van der Waals surface area contributed by atoms with Gasteiger partial charge in [-0.15, -0.1) is 0 Å². The highest BCUT2D eigenvalue weighted by atomic mass is 79.9. The Morgan fingerprint density at radius 3 is 2.76 bits per heavy atom. The Morgan fingerprint density at radius 1 is 1.14 bits per heavy atom. The Morgan fingerprint density at radius 2 is 1.95 bits per heavy atom. The van der Waals surface area contributed by atoms with Crippen LogP contribution in [0, 0.1) is 5.82 Å². The van der Waals surface area contributed by atoms with E-state index in [9.17, 15) is 9.18 Å². The Hall–Kier alpha value is -2.27. The van der Waals surface area contributed by atoms with Crippen LogP contribution in [0.4, 0.5) is 10.1 Å². The zero-order valence-electron chi connectivity index (χ0n) is 10.8. The standard InChI is InChI=1S/C16H10BrFN2O/c17-13-8-11(5-6-14(13)18)16(21)20-12-7-10-3-1-2-4-15(10)19-9-12/h1-9H,(H,20,21). The second-order valence-electron chi connectivity index (χ2n) is 4.50. The predicted octanol–water partition coefficient (Wildman–Crippen LogP) is 4.39. The number of halogens is 2. The monoisotopic (exact) mass is 344 g/mol. The van der Waals surface area contributed by atoms with Gasteiger partial charge in [-0.25, -0.2) is 4.39 Å². The van der Waals surface area contributed by atoms with Gasteiger partial charge in [0.15, 0.2) is 0 Å². The summed E-state index contributed by atoms with van der Waals surface area (Å²) in [6.45, 7) is 0. The maximum Gasteiger partial charge on any atom is 0.255 e. The van der Waals surface area contributed by atoms with Crippen molar-refractivity contribution >= 4 is 38.4 Å². The number of anilines is 1. The minimum Gasteiger partial charge on any atom is -0.321 e. The number of fused-ring (bicyclic) bond motifs is 1. The van der Waals surface area contributed by atoms with Crippen molar-refractivity contribution in [3.8, 4) is 0 Å². The van der Waals surface area contributed by atoms with Crippen LogP contribution in [0.1, 0.15) is 10.4 Å². The van der Waals surface area contributed by atoms with Gasteiger partial charge in [-0.2, -0.15) is 0 Å². The highest BCUT2D eigenvalue weighted by Gasteiger charge is 2.09. The van der Waals surface area contributed by atoms with Crippen LogP contribution in [-0.2, 0) is 0 Å². The maximum atomic E-state index is 13.2. The van der Waals surface area contributed by atoms with Gasteiger partial charge < -0.3 is 5.32 Å². The molecular weight excluding hydrogens is 335 g/mol. The van der Waals surface area contributed by atoms with E-state index in [1.54, 1.807) is 6.20 Å². The fourth-order valence-electron chi connectivity index (χ4n) is 1.98. The Balaban J connectivity index is 1.87. The summed E-state index contributed by atoms with van der Waals surface area (Å²) in [6.07, 6.45) is 1.60. The highest BCUT2D eigenvalue weighted by molar-refractivity contribution is 9.10. The van der Waals surface area contributed by atoms with Crippen LogP contribution in [0.2, 0.25) is 0 Å². The van der Waals surface area contributed by atoms with Gasteiger partial charge in [0.25, 0.3) is 5.91 Å². The highest BCUT2D eigenvalue weighted by Crippen LogP contribution is 2.19. The fraction of sp³-hybridized carbons (Fsp3) is 0. The molecule has 3 nitrogen and oxygen atoms in total. The zero-order valence-corrected chi connectivity index (χ0v) is 12.4. The van der Waals surface area contributed by atoms with Crippen molar-refractivity contribution in [2.45, 2.75) is 0 Å². The molecule has 0 fully saturated rings. The van der Waals surface area contributed by atoms with E-state index >= 15 is 0 Å². The van der Waals surface area contributed by atoms with Crippen molar-refractivity contribution < 1.29 is 9.18 Å². The quantitative estimate of drug-likeness (QED) is 0.749. The lowest BCUT2D eigenvalue weighted by Gasteiger charge is -2.06. The van der Waals surface area contributed by atoms with Gasteiger partial charge in [-0.1, -0.05) is 18.2 Å². The molecule has 0 aliphatic rings. The first kappa shape index (κ1) is 13.7. The summed E-state index contributed by atoms with van der Waals surface area (Å²) in [5.74, 6) is -0.716. The van der Waals surface area contributed by atoms with Gasteiger partial charge in [0, 0.05) is 10.9 Å². The number of pyridine rings is 1. The van der Waals surface area contributed by atoms with E-state index in [4.69, 9.17) is 0 Å². The van der Waals surface area contributed by atoms with Crippen LogP contribution in [0.25, 0.3) is 10.9 Å². The van der Waals surface area contributed by atoms with Crippen molar-refractivity contribution in [2.75, 3.05) is 5.32 Å². The summed E-state index contributed by atoms with van der Waals surface area (Å²) in [5, 5.41) is 3.69. The van der Waals surface area contributed by atoms with Crippen LogP contribution < -0.4 is 5.32 Å². The molecule has 0 spiro atoms. The number of amides is 1. The molecule has 2 aromatic carbocycles. The molecule has 0 aliphatic carbocycles. The Labute approximate surface area is 128 Å². The molecule has 0 aliphatic heterocycles. The average molecular weight is 345 g/mol. The molecule has 1 heterocycles. The predicted molar refractivity (Wildman–Crippen MR) is 83.8 cm³/mol. The summed E-state index contributed by atoms with van der Waals surface area (Å²) >= 11 is 3.06. The number of aromatic nitrogens is 1. The molecule has 0 radical (unpaired) electrons. The van der Waals surface area contributed by atoms with E-state index in [2.05, 4.69) is 26.2 Å². The van der Waals surface area contributed by atoms with Gasteiger partial charge in [0.1, 0.15) is 5.82 Å². The lowest BCUT2D eigenvalue weighted by atomic mass is 10.2. The molecule has 0 unspecified atom stereocenters. The third-order valence-corrected chi connectivity index (χ3v) is 3.64. The average Bonchev–Trinajstić information content (AvgIpc) is 2.50. The first-order chi connectivity index (χ1) is 10.1. The molecule has 21 heavy (non-hydrogen) atoms. The van der Waals surface area contributed by atoms with Crippen molar-refractivity contribution in [1.29, 1.82) is 0 Å². The molecule has 0 bridgehead atoms. The van der Waals surface area contributed by atoms with E-state index in [0.717, 1.165) is 10.9 Å². The largest absolute Gasteiger partial charge is 0.321 e. The Kier molecular flexibility index (Phi) is 3.66. The normalized spacial score (nSPS) is 10.6. The molecule has 1 amide bonds. The van der Waals surface area contributed by atoms with Gasteiger partial charge >= 0.3 is 0 Å². The first-order valence-corrected chi connectivity index (χ1v) is 7.04. The number of carbonyl (C=O) groups excluding carboxylic acids is 1. The molecule has 1 N–H and O–H groups in total. The van der Waals surface area contributed by atoms with E-state index in [-0.39, 0.29) is 10.4 Å². The second-order valence-corrected chi connectivity index (χ2v) is 5.35. The van der Waals surface area contributed by atoms with Gasteiger partial charge in [-0.05, 0) is 46.3 Å². The number of nitrogens with one attached hydrogen (secondary N) is 1. The van der Waals surface area contributed by atoms with Crippen molar-refractivity contribution in [2.24, 2.45) is 0 Å². The van der Waals surface area contributed by atoms with E-state index in [1.807, 2.05) is 30.3 Å². The van der Waals surface area contributed by atoms with Crippen LogP contribution in [0.3, 0.4) is 0 Å². The third-order valence-electron chi connectivity index (χ3n) is 3.03. The second kappa shape index (κ2) is 5.61. The number of hydrogen-bond donors (Lipinski definition) is 1. The molecule has 1 aromatic heterocycles. The van der Waals surface area contributed by atoms with Gasteiger partial charge in [0.05, 0.1) is 21.9 Å². The summed E-state index contributed by atoms with van der Waals surface area (Å²) in [4.78, 5) is 16.4. The van der Waals surface area contributed by atoms with Crippen LogP contribution >= 0.6 is 15.9 Å². The molecule has 0 saturated carbocycles. The summed E-state index contributed by atoms with van der Waals surface area (Å²) in [5.41, 5.74) is 1.83. The number of para-hydroxylation sites is 1. The number of nitrogens with zero attached hydrogens (tertiary/aromatic N) is 1. The number of hydrogen-bond acceptors (Lipinski definition) is 2. The number of rotatable bonds is 2. The third kappa shape index (κ3) is 2.92. The molecule has 3 aromatic rings. The van der Waals surface area contributed by atoms with Crippen molar-refractivity contribution in [3.05, 3.63) is 70.6 Å². The molecule has 104 valence electrons. The van der Waals surface area contributed by atoms with Crippen LogP contribution in [0.15, 0.2) is 59.2 Å². The molecule has 0 atom stereocenters. The smallest absolute Gasteiger partial charge is 0.255 e. The minimum atomic E-state index is -0.404. The lowest BCUT2D eigenvalue weighted by Crippen LogP contribution is -2.12. The molecular formula is C16H10BrFN2O. The topological polar surface area (TPSA) is 42.0 Å².